The van der Waals surface area contributed by atoms with E-state index < -0.39 is 0 Å². The van der Waals surface area contributed by atoms with Crippen molar-refractivity contribution < 1.29 is 19.1 Å². The molecule has 7 heteroatoms. The molecule has 0 atom stereocenters. The predicted octanol–water partition coefficient (Wildman–Crippen LogP) is 1.69. The fourth-order valence-corrected chi connectivity index (χ4v) is 2.37. The standard InChI is InChI=1S/C20H21N3O4/c1-27-18(25)11-4-13-2-5-14(6-3-13)17(24)12-23-20(26)16-9-7-15(8-10-16)19(21)22/h2-3,5-10H,4,11-12H2,1H3,(H3,21,22)(H,23,26). The first-order valence-corrected chi connectivity index (χ1v) is 8.32. The summed E-state index contributed by atoms with van der Waals surface area (Å²) in [7, 11) is 1.34. The number of rotatable bonds is 8. The number of hydrogen-bond donors (Lipinski definition) is 3. The van der Waals surface area contributed by atoms with E-state index in [0.29, 0.717) is 23.1 Å². The summed E-state index contributed by atoms with van der Waals surface area (Å²) >= 11 is 0. The van der Waals surface area contributed by atoms with Crippen LogP contribution in [0.25, 0.3) is 0 Å². The SMILES string of the molecule is COC(=O)CCc1ccc(C(=O)CNC(=O)c2ccc(C(=N)N)cc2)cc1. The maximum absolute atomic E-state index is 12.2. The number of nitrogens with two attached hydrogens (primary N) is 1. The molecule has 0 aliphatic carbocycles. The van der Waals surface area contributed by atoms with Crippen LogP contribution in [0.4, 0.5) is 0 Å². The van der Waals surface area contributed by atoms with E-state index in [-0.39, 0.29) is 36.5 Å². The van der Waals surface area contributed by atoms with Crippen LogP contribution in [0.15, 0.2) is 48.5 Å². The van der Waals surface area contributed by atoms with Gasteiger partial charge in [-0.15, -0.1) is 0 Å². The van der Waals surface area contributed by atoms with Crippen molar-refractivity contribution in [2.75, 3.05) is 13.7 Å². The Morgan fingerprint density at radius 2 is 1.52 bits per heavy atom. The van der Waals surface area contributed by atoms with E-state index in [2.05, 4.69) is 10.1 Å². The highest BCUT2D eigenvalue weighted by Gasteiger charge is 2.11. The van der Waals surface area contributed by atoms with Gasteiger partial charge >= 0.3 is 5.97 Å². The molecule has 4 N–H and O–H groups in total. The summed E-state index contributed by atoms with van der Waals surface area (Å²) in [4.78, 5) is 35.5. The smallest absolute Gasteiger partial charge is 0.305 e. The lowest BCUT2D eigenvalue weighted by Gasteiger charge is -2.07. The van der Waals surface area contributed by atoms with Crippen molar-refractivity contribution in [2.24, 2.45) is 5.73 Å². The van der Waals surface area contributed by atoms with Crippen LogP contribution in [0, 0.1) is 5.41 Å². The summed E-state index contributed by atoms with van der Waals surface area (Å²) in [6, 6.07) is 13.1. The molecule has 0 saturated heterocycles. The summed E-state index contributed by atoms with van der Waals surface area (Å²) in [5, 5.41) is 9.90. The van der Waals surface area contributed by atoms with Gasteiger partial charge in [-0.2, -0.15) is 0 Å². The zero-order valence-corrected chi connectivity index (χ0v) is 15.0. The second-order valence-corrected chi connectivity index (χ2v) is 5.87. The average molecular weight is 367 g/mol. The number of Topliss-reactive ketones (excluding diaryl/α,β-unsaturated/α-hetero) is 1. The molecule has 0 aliphatic rings. The number of carbonyl (C=O) groups is 3. The Morgan fingerprint density at radius 1 is 0.963 bits per heavy atom. The number of esters is 1. The number of amidine groups is 1. The lowest BCUT2D eigenvalue weighted by molar-refractivity contribution is -0.140. The molecular weight excluding hydrogens is 346 g/mol. The molecule has 140 valence electrons. The fraction of sp³-hybridized carbons (Fsp3) is 0.200. The van der Waals surface area contributed by atoms with Gasteiger partial charge in [0.25, 0.3) is 5.91 Å². The molecule has 7 nitrogen and oxygen atoms in total. The Hall–Kier alpha value is -3.48. The van der Waals surface area contributed by atoms with Crippen LogP contribution < -0.4 is 11.1 Å². The van der Waals surface area contributed by atoms with Crippen molar-refractivity contribution in [3.8, 4) is 0 Å². The van der Waals surface area contributed by atoms with Gasteiger partial charge < -0.3 is 15.8 Å². The number of benzene rings is 2. The van der Waals surface area contributed by atoms with E-state index in [9.17, 15) is 14.4 Å². The molecule has 0 radical (unpaired) electrons. The van der Waals surface area contributed by atoms with Crippen LogP contribution in [-0.2, 0) is 16.0 Å². The molecule has 0 unspecified atom stereocenters. The summed E-state index contributed by atoms with van der Waals surface area (Å²) in [6.07, 6.45) is 0.816. The van der Waals surface area contributed by atoms with Gasteiger partial charge in [0, 0.05) is 23.1 Å². The molecule has 0 aromatic heterocycles. The monoisotopic (exact) mass is 367 g/mol. The molecule has 0 heterocycles. The maximum atomic E-state index is 12.2. The molecule has 27 heavy (non-hydrogen) atoms. The highest BCUT2D eigenvalue weighted by molar-refractivity contribution is 6.02. The lowest BCUT2D eigenvalue weighted by Crippen LogP contribution is -2.29. The third-order valence-corrected chi connectivity index (χ3v) is 3.99. The minimum absolute atomic E-state index is 0.0767. The highest BCUT2D eigenvalue weighted by atomic mass is 16.5. The number of nitrogens with one attached hydrogen (secondary N) is 2. The van der Waals surface area contributed by atoms with Crippen molar-refractivity contribution in [1.29, 1.82) is 5.41 Å². The molecule has 1 amide bonds. The van der Waals surface area contributed by atoms with Crippen molar-refractivity contribution in [3.05, 3.63) is 70.8 Å². The minimum Gasteiger partial charge on any atom is -0.469 e. The summed E-state index contributed by atoms with van der Waals surface area (Å²) in [6.45, 7) is -0.130. The first-order valence-electron chi connectivity index (χ1n) is 8.32. The van der Waals surface area contributed by atoms with Gasteiger partial charge in [0.1, 0.15) is 5.84 Å². The molecule has 0 saturated carbocycles. The van der Waals surface area contributed by atoms with Crippen LogP contribution in [0.3, 0.4) is 0 Å². The Bertz CT molecular complexity index is 843. The Labute approximate surface area is 157 Å². The molecular formula is C20H21N3O4. The molecule has 2 rings (SSSR count). The topological polar surface area (TPSA) is 122 Å². The molecule has 2 aromatic carbocycles. The van der Waals surface area contributed by atoms with Crippen molar-refractivity contribution >= 4 is 23.5 Å². The average Bonchev–Trinajstić information content (AvgIpc) is 2.70. The van der Waals surface area contributed by atoms with E-state index in [0.717, 1.165) is 5.56 Å². The van der Waals surface area contributed by atoms with Crippen LogP contribution in [0.2, 0.25) is 0 Å². The number of methoxy groups -OCH3 is 1. The number of hydrogen-bond acceptors (Lipinski definition) is 5. The largest absolute Gasteiger partial charge is 0.469 e. The van der Waals surface area contributed by atoms with Crippen molar-refractivity contribution in [2.45, 2.75) is 12.8 Å². The van der Waals surface area contributed by atoms with Crippen LogP contribution >= 0.6 is 0 Å². The van der Waals surface area contributed by atoms with Gasteiger partial charge in [-0.1, -0.05) is 36.4 Å². The lowest BCUT2D eigenvalue weighted by atomic mass is 10.0. The number of ether oxygens (including phenoxy) is 1. The van der Waals surface area contributed by atoms with Gasteiger partial charge in [-0.25, -0.2) is 0 Å². The molecule has 0 aliphatic heterocycles. The van der Waals surface area contributed by atoms with Gasteiger partial charge in [0.15, 0.2) is 5.78 Å². The zero-order chi connectivity index (χ0) is 19.8. The Kier molecular flexibility index (Phi) is 6.82. The predicted molar refractivity (Wildman–Crippen MR) is 101 cm³/mol. The van der Waals surface area contributed by atoms with E-state index in [1.165, 1.54) is 7.11 Å². The third-order valence-electron chi connectivity index (χ3n) is 3.99. The minimum atomic E-state index is -0.381. The number of amides is 1. The third kappa shape index (κ3) is 5.78. The molecule has 0 bridgehead atoms. The summed E-state index contributed by atoms with van der Waals surface area (Å²) in [5.74, 6) is -0.960. The molecule has 0 spiro atoms. The summed E-state index contributed by atoms with van der Waals surface area (Å²) in [5.41, 5.74) is 7.67. The molecule has 0 fully saturated rings. The maximum Gasteiger partial charge on any atom is 0.305 e. The molecule has 2 aromatic rings. The van der Waals surface area contributed by atoms with Gasteiger partial charge in [0.05, 0.1) is 13.7 Å². The first-order chi connectivity index (χ1) is 12.9. The van der Waals surface area contributed by atoms with E-state index in [1.807, 2.05) is 0 Å². The fourth-order valence-electron chi connectivity index (χ4n) is 2.37. The Morgan fingerprint density at radius 3 is 2.07 bits per heavy atom. The number of carbonyl (C=O) groups excluding carboxylic acids is 3. The number of aryl methyl sites for hydroxylation is 1. The van der Waals surface area contributed by atoms with Gasteiger partial charge in [-0.05, 0) is 24.1 Å². The van der Waals surface area contributed by atoms with Crippen LogP contribution in [0.5, 0.6) is 0 Å². The van der Waals surface area contributed by atoms with E-state index in [1.54, 1.807) is 48.5 Å². The highest BCUT2D eigenvalue weighted by Crippen LogP contribution is 2.08. The van der Waals surface area contributed by atoms with Gasteiger partial charge in [-0.3, -0.25) is 19.8 Å². The second-order valence-electron chi connectivity index (χ2n) is 5.87. The number of ketones is 1. The van der Waals surface area contributed by atoms with Crippen LogP contribution in [-0.4, -0.2) is 37.1 Å². The quantitative estimate of drug-likeness (QED) is 0.284. The number of nitrogen functional groups attached to an aromatic ring is 1. The normalized spacial score (nSPS) is 10.1. The first kappa shape index (κ1) is 19.8. The zero-order valence-electron chi connectivity index (χ0n) is 15.0. The van der Waals surface area contributed by atoms with Crippen LogP contribution in [0.1, 0.15) is 38.3 Å². The van der Waals surface area contributed by atoms with Gasteiger partial charge in [0.2, 0.25) is 0 Å². The second kappa shape index (κ2) is 9.28. The van der Waals surface area contributed by atoms with Crippen molar-refractivity contribution in [1.82, 2.24) is 5.32 Å². The summed E-state index contributed by atoms with van der Waals surface area (Å²) < 4.78 is 4.59. The van der Waals surface area contributed by atoms with E-state index >= 15 is 0 Å². The van der Waals surface area contributed by atoms with E-state index in [4.69, 9.17) is 11.1 Å². The van der Waals surface area contributed by atoms with Crippen molar-refractivity contribution in [3.63, 3.8) is 0 Å². The Balaban J connectivity index is 1.88.